The molecule has 2 aromatic rings. The smallest absolute Gasteiger partial charge is 0.416 e. The van der Waals surface area contributed by atoms with Crippen molar-refractivity contribution in [3.05, 3.63) is 51.2 Å². The van der Waals surface area contributed by atoms with Crippen LogP contribution in [0, 0.1) is 0 Å². The van der Waals surface area contributed by atoms with E-state index in [1.54, 1.807) is 0 Å². The molecule has 0 radical (unpaired) electrons. The Hall–Kier alpha value is -1.24. The van der Waals surface area contributed by atoms with Crippen LogP contribution >= 0.6 is 22.9 Å². The second-order valence-electron chi connectivity index (χ2n) is 7.10. The molecule has 0 aliphatic rings. The summed E-state index contributed by atoms with van der Waals surface area (Å²) in [5, 5.41) is 2.55. The largest absolute Gasteiger partial charge is 0.485 e. The first kappa shape index (κ1) is 24.0. The van der Waals surface area contributed by atoms with E-state index in [4.69, 9.17) is 16.3 Å². The van der Waals surface area contributed by atoms with Gasteiger partial charge in [0.15, 0.2) is 0 Å². The molecular weight excluding hydrogens is 419 g/mol. The van der Waals surface area contributed by atoms with E-state index in [2.05, 4.69) is 18.7 Å². The third kappa shape index (κ3) is 7.83. The van der Waals surface area contributed by atoms with Crippen molar-refractivity contribution < 1.29 is 17.9 Å². The fourth-order valence-corrected chi connectivity index (χ4v) is 4.31. The summed E-state index contributed by atoms with van der Waals surface area (Å²) in [6.45, 7) is 7.31. The number of rotatable bonds is 12. The molecule has 0 fully saturated rings. The van der Waals surface area contributed by atoms with Gasteiger partial charge in [-0.15, -0.1) is 11.3 Å². The maximum absolute atomic E-state index is 12.8. The Kier molecular flexibility index (Phi) is 9.80. The molecule has 0 spiro atoms. The molecule has 1 aromatic carbocycles. The second-order valence-corrected chi connectivity index (χ2v) is 8.45. The van der Waals surface area contributed by atoms with Crippen LogP contribution in [-0.2, 0) is 6.18 Å². The molecule has 7 heteroatoms. The van der Waals surface area contributed by atoms with Gasteiger partial charge in [0.2, 0.25) is 0 Å². The Bertz CT molecular complexity index is 710. The van der Waals surface area contributed by atoms with Crippen molar-refractivity contribution in [2.24, 2.45) is 0 Å². The van der Waals surface area contributed by atoms with Gasteiger partial charge in [-0.1, -0.05) is 38.3 Å². The summed E-state index contributed by atoms with van der Waals surface area (Å²) in [5.41, 5.74) is -0.680. The summed E-state index contributed by atoms with van der Waals surface area (Å²) >= 11 is 7.85. The highest BCUT2D eigenvalue weighted by Crippen LogP contribution is 2.36. The number of benzene rings is 1. The molecule has 0 aliphatic heterocycles. The Labute approximate surface area is 180 Å². The summed E-state index contributed by atoms with van der Waals surface area (Å²) in [6, 6.07) is 6.69. The van der Waals surface area contributed by atoms with Gasteiger partial charge in [0.25, 0.3) is 0 Å². The average Bonchev–Trinajstić information content (AvgIpc) is 3.11. The maximum atomic E-state index is 12.8. The lowest BCUT2D eigenvalue weighted by Gasteiger charge is -2.25. The Morgan fingerprint density at radius 2 is 1.62 bits per heavy atom. The molecule has 0 saturated carbocycles. The molecular formula is C22H29ClF3NOS. The maximum Gasteiger partial charge on any atom is 0.416 e. The molecule has 0 aliphatic carbocycles. The predicted molar refractivity (Wildman–Crippen MR) is 115 cm³/mol. The fraction of sp³-hybridized carbons (Fsp3) is 0.545. The Balaban J connectivity index is 2.10. The van der Waals surface area contributed by atoms with Gasteiger partial charge < -0.3 is 9.64 Å². The topological polar surface area (TPSA) is 12.5 Å². The molecule has 2 nitrogen and oxygen atoms in total. The number of halogens is 4. The number of hydrogen-bond donors (Lipinski definition) is 0. The van der Waals surface area contributed by atoms with E-state index >= 15 is 0 Å². The highest BCUT2D eigenvalue weighted by molar-refractivity contribution is 7.10. The van der Waals surface area contributed by atoms with E-state index in [0.29, 0.717) is 10.8 Å². The van der Waals surface area contributed by atoms with E-state index in [1.165, 1.54) is 23.5 Å². The zero-order valence-corrected chi connectivity index (χ0v) is 18.5. The quantitative estimate of drug-likeness (QED) is 0.328. The molecule has 0 amide bonds. The highest BCUT2D eigenvalue weighted by Gasteiger charge is 2.30. The minimum absolute atomic E-state index is 0.287. The number of alkyl halides is 3. The van der Waals surface area contributed by atoms with Crippen LogP contribution in [0.1, 0.15) is 62.5 Å². The first-order chi connectivity index (χ1) is 13.8. The van der Waals surface area contributed by atoms with Crippen LogP contribution < -0.4 is 4.74 Å². The van der Waals surface area contributed by atoms with Gasteiger partial charge in [-0.25, -0.2) is 0 Å². The van der Waals surface area contributed by atoms with Crippen LogP contribution in [0.15, 0.2) is 35.7 Å². The third-order valence-electron chi connectivity index (χ3n) is 4.76. The molecule has 1 unspecified atom stereocenters. The number of nitrogens with zero attached hydrogens (tertiary/aromatic N) is 1. The van der Waals surface area contributed by atoms with Gasteiger partial charge >= 0.3 is 6.18 Å². The van der Waals surface area contributed by atoms with Crippen LogP contribution in [0.25, 0.3) is 0 Å². The number of hydrogen-bond acceptors (Lipinski definition) is 3. The minimum Gasteiger partial charge on any atom is -0.485 e. The summed E-state index contributed by atoms with van der Waals surface area (Å²) in [7, 11) is 0. The summed E-state index contributed by atoms with van der Waals surface area (Å²) in [5.74, 6) is 0.418. The molecule has 1 atom stereocenters. The highest BCUT2D eigenvalue weighted by atomic mass is 35.5. The molecule has 2 rings (SSSR count). The lowest BCUT2D eigenvalue weighted by atomic mass is 10.1. The molecule has 0 saturated heterocycles. The van der Waals surface area contributed by atoms with Gasteiger partial charge in [-0.2, -0.15) is 13.2 Å². The first-order valence-electron chi connectivity index (χ1n) is 10.1. The van der Waals surface area contributed by atoms with Crippen LogP contribution in [0.4, 0.5) is 13.2 Å². The third-order valence-corrected chi connectivity index (χ3v) is 6.21. The minimum atomic E-state index is -4.35. The standard InChI is InChI=1S/C22H29ClF3NOS/c1-3-5-13-27(14-6-4-2)15-11-20(21-19(23)12-16-29-21)28-18-9-7-17(8-10-18)22(24,25)26/h7-10,12,16,20H,3-6,11,13-15H2,1-2H3. The van der Waals surface area contributed by atoms with E-state index in [0.717, 1.165) is 68.7 Å². The van der Waals surface area contributed by atoms with Gasteiger partial charge in [0, 0.05) is 13.0 Å². The van der Waals surface area contributed by atoms with Crippen LogP contribution in [-0.4, -0.2) is 24.5 Å². The van der Waals surface area contributed by atoms with Crippen LogP contribution in [0.5, 0.6) is 5.75 Å². The normalized spacial score (nSPS) is 13.1. The Morgan fingerprint density at radius 1 is 1.00 bits per heavy atom. The molecule has 0 N–H and O–H groups in total. The molecule has 1 heterocycles. The first-order valence-corrected chi connectivity index (χ1v) is 11.4. The molecule has 162 valence electrons. The van der Waals surface area contributed by atoms with Crippen molar-refractivity contribution in [2.75, 3.05) is 19.6 Å². The van der Waals surface area contributed by atoms with Crippen molar-refractivity contribution in [1.29, 1.82) is 0 Å². The lowest BCUT2D eigenvalue weighted by Crippen LogP contribution is -2.29. The van der Waals surface area contributed by atoms with Crippen LogP contribution in [0.2, 0.25) is 5.02 Å². The predicted octanol–water partition coefficient (Wildman–Crippen LogP) is 7.83. The van der Waals surface area contributed by atoms with E-state index in [-0.39, 0.29) is 6.10 Å². The monoisotopic (exact) mass is 447 g/mol. The zero-order valence-electron chi connectivity index (χ0n) is 17.0. The fourth-order valence-electron chi connectivity index (χ4n) is 3.06. The van der Waals surface area contributed by atoms with Crippen molar-refractivity contribution in [3.63, 3.8) is 0 Å². The van der Waals surface area contributed by atoms with Crippen molar-refractivity contribution in [3.8, 4) is 5.75 Å². The lowest BCUT2D eigenvalue weighted by molar-refractivity contribution is -0.137. The van der Waals surface area contributed by atoms with Crippen molar-refractivity contribution in [2.45, 2.75) is 58.2 Å². The second kappa shape index (κ2) is 11.8. The van der Waals surface area contributed by atoms with Gasteiger partial charge in [0.1, 0.15) is 11.9 Å². The van der Waals surface area contributed by atoms with Crippen LogP contribution in [0.3, 0.4) is 0 Å². The molecule has 29 heavy (non-hydrogen) atoms. The van der Waals surface area contributed by atoms with Gasteiger partial charge in [-0.05, 0) is 61.6 Å². The van der Waals surface area contributed by atoms with Gasteiger partial charge in [0.05, 0.1) is 15.5 Å². The Morgan fingerprint density at radius 3 is 2.10 bits per heavy atom. The van der Waals surface area contributed by atoms with E-state index in [9.17, 15) is 13.2 Å². The van der Waals surface area contributed by atoms with Crippen molar-refractivity contribution in [1.82, 2.24) is 4.90 Å². The number of ether oxygens (including phenoxy) is 1. The molecule has 1 aromatic heterocycles. The molecule has 0 bridgehead atoms. The number of thiophene rings is 1. The van der Waals surface area contributed by atoms with Crippen molar-refractivity contribution >= 4 is 22.9 Å². The van der Waals surface area contributed by atoms with Gasteiger partial charge in [-0.3, -0.25) is 0 Å². The summed E-state index contributed by atoms with van der Waals surface area (Å²) in [6.07, 6.45) is 0.672. The van der Waals surface area contributed by atoms with E-state index < -0.39 is 11.7 Å². The van der Waals surface area contributed by atoms with E-state index in [1.807, 2.05) is 11.4 Å². The summed E-state index contributed by atoms with van der Waals surface area (Å²) < 4.78 is 44.5. The summed E-state index contributed by atoms with van der Waals surface area (Å²) in [4.78, 5) is 3.36. The number of unbranched alkanes of at least 4 members (excludes halogenated alkanes) is 2. The SMILES string of the molecule is CCCCN(CCCC)CCC(Oc1ccc(C(F)(F)F)cc1)c1sccc1Cl. The average molecular weight is 448 g/mol. The zero-order chi connectivity index (χ0) is 21.3.